The molecule has 3 aromatic rings. The molecule has 1 N–H and O–H groups in total. The zero-order valence-corrected chi connectivity index (χ0v) is 15.7. The van der Waals surface area contributed by atoms with E-state index in [4.69, 9.17) is 0 Å². The number of amides is 1. The van der Waals surface area contributed by atoms with E-state index in [1.165, 1.54) is 35.6 Å². The van der Waals surface area contributed by atoms with Crippen molar-refractivity contribution < 1.29 is 9.18 Å². The van der Waals surface area contributed by atoms with E-state index in [2.05, 4.69) is 20.3 Å². The van der Waals surface area contributed by atoms with Gasteiger partial charge in [-0.15, -0.1) is 11.3 Å². The molecule has 1 atom stereocenters. The van der Waals surface area contributed by atoms with Crippen LogP contribution in [0, 0.1) is 5.82 Å². The highest BCUT2D eigenvalue weighted by atomic mass is 32.1. The molecule has 140 valence electrons. The van der Waals surface area contributed by atoms with E-state index in [-0.39, 0.29) is 17.8 Å². The number of rotatable bonds is 5. The average molecular weight is 385 g/mol. The minimum atomic E-state index is -0.364. The van der Waals surface area contributed by atoms with Gasteiger partial charge in [0.25, 0.3) is 5.91 Å². The molecule has 6 nitrogen and oxygen atoms in total. The van der Waals surface area contributed by atoms with Crippen molar-refractivity contribution in [3.05, 3.63) is 64.7 Å². The van der Waals surface area contributed by atoms with E-state index in [0.29, 0.717) is 10.7 Å². The maximum atomic E-state index is 13.0. The molecule has 1 fully saturated rings. The van der Waals surface area contributed by atoms with Gasteiger partial charge < -0.3 is 0 Å². The molecule has 4 rings (SSSR count). The number of hydrogen-bond donors (Lipinski definition) is 1. The second kappa shape index (κ2) is 7.58. The lowest BCUT2D eigenvalue weighted by Crippen LogP contribution is -2.23. The lowest BCUT2D eigenvalue weighted by Gasteiger charge is -2.21. The summed E-state index contributed by atoms with van der Waals surface area (Å²) in [5, 5.41) is 9.82. The SMILES string of the molecule is Cn1ccc(CN2CCC[C@@H]2c2csc(NC(=O)c3ccc(F)cc3)n2)n1. The predicted octanol–water partition coefficient (Wildman–Crippen LogP) is 3.61. The van der Waals surface area contributed by atoms with Crippen LogP contribution in [-0.2, 0) is 13.6 Å². The van der Waals surface area contributed by atoms with Gasteiger partial charge in [-0.3, -0.25) is 19.7 Å². The summed E-state index contributed by atoms with van der Waals surface area (Å²) >= 11 is 1.41. The van der Waals surface area contributed by atoms with Crippen molar-refractivity contribution in [2.45, 2.75) is 25.4 Å². The third-order valence-corrected chi connectivity index (χ3v) is 5.46. The van der Waals surface area contributed by atoms with Gasteiger partial charge in [-0.2, -0.15) is 5.10 Å². The van der Waals surface area contributed by atoms with Crippen LogP contribution < -0.4 is 5.32 Å². The number of carbonyl (C=O) groups is 1. The van der Waals surface area contributed by atoms with Gasteiger partial charge in [0.1, 0.15) is 5.82 Å². The highest BCUT2D eigenvalue weighted by Gasteiger charge is 2.28. The normalized spacial score (nSPS) is 17.3. The molecule has 0 bridgehead atoms. The second-order valence-electron chi connectivity index (χ2n) is 6.65. The molecule has 0 spiro atoms. The Kier molecular flexibility index (Phi) is 5.00. The van der Waals surface area contributed by atoms with Crippen LogP contribution in [0.3, 0.4) is 0 Å². The maximum absolute atomic E-state index is 13.0. The van der Waals surface area contributed by atoms with Gasteiger partial charge in [-0.25, -0.2) is 9.37 Å². The van der Waals surface area contributed by atoms with Gasteiger partial charge in [-0.1, -0.05) is 0 Å². The molecular weight excluding hydrogens is 365 g/mol. The second-order valence-corrected chi connectivity index (χ2v) is 7.51. The van der Waals surface area contributed by atoms with Crippen molar-refractivity contribution in [3.63, 3.8) is 0 Å². The summed E-state index contributed by atoms with van der Waals surface area (Å²) in [5.41, 5.74) is 2.43. The van der Waals surface area contributed by atoms with Crippen LogP contribution in [0.1, 0.15) is 40.6 Å². The van der Waals surface area contributed by atoms with E-state index in [0.717, 1.165) is 37.3 Å². The standard InChI is InChI=1S/C19H20FN5OS/c1-24-10-8-15(23-24)11-25-9-2-3-17(25)16-12-27-19(21-16)22-18(26)13-4-6-14(20)7-5-13/h4-8,10,12,17H,2-3,9,11H2,1H3,(H,21,22,26)/t17-/m1/s1. The summed E-state index contributed by atoms with van der Waals surface area (Å²) in [4.78, 5) is 19.3. The summed E-state index contributed by atoms with van der Waals surface area (Å²) in [6.07, 6.45) is 4.11. The molecule has 0 aliphatic carbocycles. The molecule has 0 saturated carbocycles. The third kappa shape index (κ3) is 4.06. The maximum Gasteiger partial charge on any atom is 0.257 e. The van der Waals surface area contributed by atoms with Gasteiger partial charge in [0.05, 0.1) is 17.4 Å². The van der Waals surface area contributed by atoms with E-state index in [9.17, 15) is 9.18 Å². The van der Waals surface area contributed by atoms with Crippen LogP contribution in [-0.4, -0.2) is 32.1 Å². The molecule has 1 aliphatic rings. The molecular formula is C19H20FN5OS. The smallest absolute Gasteiger partial charge is 0.257 e. The van der Waals surface area contributed by atoms with Gasteiger partial charge in [0, 0.05) is 30.7 Å². The van der Waals surface area contributed by atoms with Gasteiger partial charge in [0.15, 0.2) is 5.13 Å². The molecule has 1 saturated heterocycles. The van der Waals surface area contributed by atoms with E-state index in [1.807, 2.05) is 29.4 Å². The topological polar surface area (TPSA) is 63.0 Å². The number of anilines is 1. The first-order chi connectivity index (χ1) is 13.1. The summed E-state index contributed by atoms with van der Waals surface area (Å²) in [6.45, 7) is 1.80. The summed E-state index contributed by atoms with van der Waals surface area (Å²) in [5.74, 6) is -0.648. The lowest BCUT2D eigenvalue weighted by molar-refractivity contribution is 0.102. The van der Waals surface area contributed by atoms with Crippen LogP contribution in [0.15, 0.2) is 41.9 Å². The number of thiazole rings is 1. The fourth-order valence-electron chi connectivity index (χ4n) is 3.37. The molecule has 8 heteroatoms. The Hall–Kier alpha value is -2.58. The number of aromatic nitrogens is 3. The quantitative estimate of drug-likeness (QED) is 0.729. The molecule has 3 heterocycles. The minimum absolute atomic E-state index is 0.236. The summed E-state index contributed by atoms with van der Waals surface area (Å²) < 4.78 is 14.8. The fraction of sp³-hybridized carbons (Fsp3) is 0.316. The van der Waals surface area contributed by atoms with E-state index in [1.54, 1.807) is 0 Å². The van der Waals surface area contributed by atoms with Crippen molar-refractivity contribution >= 4 is 22.4 Å². The highest BCUT2D eigenvalue weighted by molar-refractivity contribution is 7.14. The number of halogens is 1. The van der Waals surface area contributed by atoms with Crippen LogP contribution in [0.5, 0.6) is 0 Å². The van der Waals surface area contributed by atoms with Gasteiger partial charge in [-0.05, 0) is 49.7 Å². The van der Waals surface area contributed by atoms with Crippen molar-refractivity contribution in [2.75, 3.05) is 11.9 Å². The van der Waals surface area contributed by atoms with E-state index < -0.39 is 0 Å². The number of nitrogens with zero attached hydrogens (tertiary/aromatic N) is 4. The molecule has 1 aromatic carbocycles. The Labute approximate surface area is 160 Å². The van der Waals surface area contributed by atoms with Crippen LogP contribution >= 0.6 is 11.3 Å². The summed E-state index contributed by atoms with van der Waals surface area (Å²) in [6, 6.07) is 7.74. The number of likely N-dealkylation sites (tertiary alicyclic amines) is 1. The third-order valence-electron chi connectivity index (χ3n) is 4.69. The van der Waals surface area contributed by atoms with Crippen molar-refractivity contribution in [2.24, 2.45) is 7.05 Å². The van der Waals surface area contributed by atoms with Gasteiger partial charge >= 0.3 is 0 Å². The van der Waals surface area contributed by atoms with Crippen molar-refractivity contribution in [1.82, 2.24) is 19.7 Å². The first-order valence-electron chi connectivity index (χ1n) is 8.83. The summed E-state index contributed by atoms with van der Waals surface area (Å²) in [7, 11) is 1.92. The highest BCUT2D eigenvalue weighted by Crippen LogP contribution is 2.34. The first-order valence-corrected chi connectivity index (χ1v) is 9.71. The number of hydrogen-bond acceptors (Lipinski definition) is 5. The van der Waals surface area contributed by atoms with Gasteiger partial charge in [0.2, 0.25) is 0 Å². The van der Waals surface area contributed by atoms with E-state index >= 15 is 0 Å². The average Bonchev–Trinajstić information content (AvgIpc) is 3.37. The Balaban J connectivity index is 1.43. The lowest BCUT2D eigenvalue weighted by atomic mass is 10.1. The number of carbonyl (C=O) groups excluding carboxylic acids is 1. The molecule has 1 amide bonds. The largest absolute Gasteiger partial charge is 0.298 e. The number of nitrogens with one attached hydrogen (secondary N) is 1. The number of benzene rings is 1. The Morgan fingerprint density at radius 2 is 2.15 bits per heavy atom. The molecule has 27 heavy (non-hydrogen) atoms. The monoisotopic (exact) mass is 385 g/mol. The van der Waals surface area contributed by atoms with Crippen LogP contribution in [0.25, 0.3) is 0 Å². The zero-order valence-electron chi connectivity index (χ0n) is 14.9. The first kappa shape index (κ1) is 17.8. The van der Waals surface area contributed by atoms with Crippen molar-refractivity contribution in [1.29, 1.82) is 0 Å². The molecule has 2 aromatic heterocycles. The number of aryl methyl sites for hydroxylation is 1. The molecule has 1 aliphatic heterocycles. The van der Waals surface area contributed by atoms with Crippen LogP contribution in [0.4, 0.5) is 9.52 Å². The Morgan fingerprint density at radius 1 is 1.33 bits per heavy atom. The fourth-order valence-corrected chi connectivity index (χ4v) is 4.12. The Bertz CT molecular complexity index is 936. The minimum Gasteiger partial charge on any atom is -0.298 e. The van der Waals surface area contributed by atoms with Crippen molar-refractivity contribution in [3.8, 4) is 0 Å². The Morgan fingerprint density at radius 3 is 2.89 bits per heavy atom. The zero-order chi connectivity index (χ0) is 18.8. The molecule has 0 radical (unpaired) electrons. The molecule has 0 unspecified atom stereocenters. The van der Waals surface area contributed by atoms with Crippen LogP contribution in [0.2, 0.25) is 0 Å². The predicted molar refractivity (Wildman–Crippen MR) is 102 cm³/mol.